The van der Waals surface area contributed by atoms with E-state index < -0.39 is 6.09 Å². The van der Waals surface area contributed by atoms with Crippen LogP contribution in [0.5, 0.6) is 5.75 Å². The Morgan fingerprint density at radius 2 is 2.11 bits per heavy atom. The summed E-state index contributed by atoms with van der Waals surface area (Å²) in [5.41, 5.74) is 0.0258. The monoisotopic (exact) mass is 281 g/mol. The summed E-state index contributed by atoms with van der Waals surface area (Å²) in [5, 5.41) is 9.73. The number of rotatable bonds is 2. The van der Waals surface area contributed by atoms with Crippen molar-refractivity contribution in [2.75, 3.05) is 13.1 Å². The second kappa shape index (κ2) is 4.60. The van der Waals surface area contributed by atoms with Crippen molar-refractivity contribution in [3.8, 4) is 5.75 Å². The van der Waals surface area contributed by atoms with Gasteiger partial charge >= 0.3 is 6.09 Å². The Hall–Kier alpha value is -1.42. The molecule has 1 amide bonds. The number of nitrogens with zero attached hydrogens (tertiary/aromatic N) is 1. The molecule has 3 rings (SSSR count). The van der Waals surface area contributed by atoms with Crippen LogP contribution >= 0.6 is 11.6 Å². The largest absolute Gasteiger partial charge is 0.490 e. The van der Waals surface area contributed by atoms with Gasteiger partial charge in [-0.15, -0.1) is 0 Å². The predicted molar refractivity (Wildman–Crippen MR) is 71.7 cm³/mol. The second-order valence-corrected chi connectivity index (χ2v) is 5.85. The predicted octanol–water partition coefficient (Wildman–Crippen LogP) is 3.25. The molecule has 2 fully saturated rings. The zero-order chi connectivity index (χ0) is 13.5. The van der Waals surface area contributed by atoms with Gasteiger partial charge in [0.25, 0.3) is 0 Å². The molecule has 0 bridgehead atoms. The van der Waals surface area contributed by atoms with Crippen LogP contribution in [0.15, 0.2) is 24.3 Å². The molecule has 1 aromatic rings. The highest BCUT2D eigenvalue weighted by molar-refractivity contribution is 6.30. The molecule has 1 aliphatic carbocycles. The Morgan fingerprint density at radius 3 is 2.63 bits per heavy atom. The van der Waals surface area contributed by atoms with E-state index in [0.717, 1.165) is 25.0 Å². The van der Waals surface area contributed by atoms with Gasteiger partial charge in [-0.05, 0) is 43.5 Å². The van der Waals surface area contributed by atoms with E-state index in [1.54, 1.807) is 12.1 Å². The maximum absolute atomic E-state index is 11.0. The molecule has 1 aromatic carbocycles. The Labute approximate surface area is 116 Å². The molecule has 1 N–H and O–H groups in total. The first kappa shape index (κ1) is 12.6. The zero-order valence-electron chi connectivity index (χ0n) is 10.5. The van der Waals surface area contributed by atoms with Crippen molar-refractivity contribution in [3.63, 3.8) is 0 Å². The smallest absolute Gasteiger partial charge is 0.407 e. The van der Waals surface area contributed by atoms with Gasteiger partial charge in [0.2, 0.25) is 0 Å². The van der Waals surface area contributed by atoms with Crippen LogP contribution in [0.1, 0.15) is 19.3 Å². The van der Waals surface area contributed by atoms with Crippen LogP contribution in [0.3, 0.4) is 0 Å². The molecule has 19 heavy (non-hydrogen) atoms. The van der Waals surface area contributed by atoms with Gasteiger partial charge in [-0.1, -0.05) is 11.6 Å². The molecule has 2 unspecified atom stereocenters. The van der Waals surface area contributed by atoms with Crippen LogP contribution in [0.2, 0.25) is 5.02 Å². The van der Waals surface area contributed by atoms with Gasteiger partial charge in [0, 0.05) is 23.5 Å². The molecule has 0 aromatic heterocycles. The molecule has 2 aliphatic rings. The summed E-state index contributed by atoms with van der Waals surface area (Å²) in [7, 11) is 0. The van der Waals surface area contributed by atoms with Gasteiger partial charge in [-0.2, -0.15) is 0 Å². The van der Waals surface area contributed by atoms with Crippen LogP contribution < -0.4 is 4.74 Å². The van der Waals surface area contributed by atoms with Gasteiger partial charge in [0.15, 0.2) is 0 Å². The van der Waals surface area contributed by atoms with Gasteiger partial charge in [-0.3, -0.25) is 0 Å². The molecule has 1 spiro atoms. The quantitative estimate of drug-likeness (QED) is 0.905. The standard InChI is InChI=1S/C14H16ClNO3/c15-10-1-3-11(4-2-10)19-12-5-6-14(12)7-8-16(9-14)13(17)18/h1-4,12H,5-9H2,(H,17,18). The Morgan fingerprint density at radius 1 is 1.37 bits per heavy atom. The topological polar surface area (TPSA) is 49.8 Å². The van der Waals surface area contributed by atoms with E-state index in [0.29, 0.717) is 18.1 Å². The number of halogens is 1. The molecule has 1 aliphatic heterocycles. The maximum atomic E-state index is 11.0. The summed E-state index contributed by atoms with van der Waals surface area (Å²) in [6, 6.07) is 7.33. The molecule has 4 nitrogen and oxygen atoms in total. The number of hydrogen-bond acceptors (Lipinski definition) is 2. The third-order valence-electron chi connectivity index (χ3n) is 4.34. The fraction of sp³-hybridized carbons (Fsp3) is 0.500. The molecule has 1 heterocycles. The van der Waals surface area contributed by atoms with Gasteiger partial charge < -0.3 is 14.7 Å². The number of hydrogen-bond donors (Lipinski definition) is 1. The van der Waals surface area contributed by atoms with Crippen LogP contribution in [-0.4, -0.2) is 35.3 Å². The molecule has 2 atom stereocenters. The number of ether oxygens (including phenoxy) is 1. The summed E-state index contributed by atoms with van der Waals surface area (Å²) < 4.78 is 5.99. The van der Waals surface area contributed by atoms with Crippen LogP contribution in [0.4, 0.5) is 4.79 Å². The summed E-state index contributed by atoms with van der Waals surface area (Å²) in [6.45, 7) is 1.22. The van der Waals surface area contributed by atoms with Crippen molar-refractivity contribution in [2.24, 2.45) is 5.41 Å². The lowest BCUT2D eigenvalue weighted by atomic mass is 9.65. The van der Waals surface area contributed by atoms with E-state index in [1.807, 2.05) is 12.1 Å². The summed E-state index contributed by atoms with van der Waals surface area (Å²) in [5.74, 6) is 0.808. The lowest BCUT2D eigenvalue weighted by molar-refractivity contribution is -0.0368. The fourth-order valence-corrected chi connectivity index (χ4v) is 3.18. The first-order valence-electron chi connectivity index (χ1n) is 6.49. The fourth-order valence-electron chi connectivity index (χ4n) is 3.06. The Kier molecular flexibility index (Phi) is 3.05. The minimum Gasteiger partial charge on any atom is -0.490 e. The molecule has 1 saturated heterocycles. The minimum absolute atomic E-state index is 0.0258. The van der Waals surface area contributed by atoms with Gasteiger partial charge in [0.1, 0.15) is 11.9 Å². The Bertz CT molecular complexity index is 490. The third kappa shape index (κ3) is 2.25. The maximum Gasteiger partial charge on any atom is 0.407 e. The van der Waals surface area contributed by atoms with Crippen molar-refractivity contribution in [2.45, 2.75) is 25.4 Å². The SMILES string of the molecule is O=C(O)N1CCC2(CCC2Oc2ccc(Cl)cc2)C1. The minimum atomic E-state index is -0.825. The van der Waals surface area contributed by atoms with Crippen molar-refractivity contribution in [3.05, 3.63) is 29.3 Å². The summed E-state index contributed by atoms with van der Waals surface area (Å²) >= 11 is 5.84. The van der Waals surface area contributed by atoms with Crippen molar-refractivity contribution >= 4 is 17.7 Å². The summed E-state index contributed by atoms with van der Waals surface area (Å²) in [4.78, 5) is 12.5. The average molecular weight is 282 g/mol. The van der Waals surface area contributed by atoms with Gasteiger partial charge in [0.05, 0.1) is 0 Å². The third-order valence-corrected chi connectivity index (χ3v) is 4.59. The lowest BCUT2D eigenvalue weighted by Crippen LogP contribution is -2.50. The van der Waals surface area contributed by atoms with E-state index in [1.165, 1.54) is 4.90 Å². The van der Waals surface area contributed by atoms with E-state index in [-0.39, 0.29) is 11.5 Å². The highest BCUT2D eigenvalue weighted by Gasteiger charge is 2.53. The van der Waals surface area contributed by atoms with Crippen molar-refractivity contribution in [1.82, 2.24) is 4.90 Å². The molecule has 0 radical (unpaired) electrons. The highest BCUT2D eigenvalue weighted by Crippen LogP contribution is 2.50. The first-order chi connectivity index (χ1) is 9.09. The molecule has 1 saturated carbocycles. The number of likely N-dealkylation sites (tertiary alicyclic amines) is 1. The van der Waals surface area contributed by atoms with Crippen LogP contribution in [-0.2, 0) is 0 Å². The van der Waals surface area contributed by atoms with E-state index >= 15 is 0 Å². The van der Waals surface area contributed by atoms with Crippen molar-refractivity contribution < 1.29 is 14.6 Å². The van der Waals surface area contributed by atoms with Crippen LogP contribution in [0.25, 0.3) is 0 Å². The molecular weight excluding hydrogens is 266 g/mol. The Balaban J connectivity index is 1.67. The van der Waals surface area contributed by atoms with Crippen LogP contribution in [0, 0.1) is 5.41 Å². The van der Waals surface area contributed by atoms with E-state index in [4.69, 9.17) is 21.4 Å². The number of benzene rings is 1. The average Bonchev–Trinajstić information content (AvgIpc) is 2.84. The molecule has 102 valence electrons. The summed E-state index contributed by atoms with van der Waals surface area (Å²) in [6.07, 6.45) is 2.25. The highest BCUT2D eigenvalue weighted by atomic mass is 35.5. The number of carbonyl (C=O) groups is 1. The molecule has 5 heteroatoms. The number of amides is 1. The van der Waals surface area contributed by atoms with E-state index in [9.17, 15) is 4.79 Å². The van der Waals surface area contributed by atoms with E-state index in [2.05, 4.69) is 0 Å². The first-order valence-corrected chi connectivity index (χ1v) is 6.87. The lowest BCUT2D eigenvalue weighted by Gasteiger charge is -2.46. The normalized spacial score (nSPS) is 29.3. The second-order valence-electron chi connectivity index (χ2n) is 5.42. The van der Waals surface area contributed by atoms with Gasteiger partial charge in [-0.25, -0.2) is 4.79 Å². The number of carboxylic acid groups (broad SMARTS) is 1. The van der Waals surface area contributed by atoms with Crippen molar-refractivity contribution in [1.29, 1.82) is 0 Å². The zero-order valence-corrected chi connectivity index (χ0v) is 11.3. The molecular formula is C14H16ClNO3.